The SMILES string of the molecule is N#Cc1ccc(Oc2ccc3nc(NCc4ccc(OCCCN=C(N)N)cc4)sc3c2)cc1.O=C(O)C(F)(F)F. The number of guanidine groups is 1. The van der Waals surface area contributed by atoms with Gasteiger partial charge in [-0.05, 0) is 54.1 Å². The van der Waals surface area contributed by atoms with E-state index >= 15 is 0 Å². The van der Waals surface area contributed by atoms with Gasteiger partial charge in [-0.15, -0.1) is 0 Å². The number of aliphatic imine (C=N–C) groups is 1. The van der Waals surface area contributed by atoms with Gasteiger partial charge < -0.3 is 31.4 Å². The van der Waals surface area contributed by atoms with Crippen LogP contribution in [-0.2, 0) is 11.3 Å². The lowest BCUT2D eigenvalue weighted by Crippen LogP contribution is -2.23. The number of carboxylic acid groups (broad SMARTS) is 1. The van der Waals surface area contributed by atoms with Gasteiger partial charge in [0, 0.05) is 25.6 Å². The minimum atomic E-state index is -5.08. The Hall–Kier alpha value is -5.03. The molecule has 3 aromatic carbocycles. The molecule has 0 spiro atoms. The van der Waals surface area contributed by atoms with Gasteiger partial charge in [0.1, 0.15) is 17.2 Å². The summed E-state index contributed by atoms with van der Waals surface area (Å²) in [5, 5.41) is 20.3. The van der Waals surface area contributed by atoms with Crippen LogP contribution in [0, 0.1) is 11.3 Å². The van der Waals surface area contributed by atoms with Crippen LogP contribution < -0.4 is 26.3 Å². The molecule has 1 aromatic heterocycles. The Bertz CT molecular complexity index is 1510. The van der Waals surface area contributed by atoms with E-state index in [1.165, 1.54) is 0 Å². The molecule has 0 amide bonds. The molecule has 0 atom stereocenters. The van der Waals surface area contributed by atoms with E-state index in [2.05, 4.69) is 21.4 Å². The molecule has 10 nitrogen and oxygen atoms in total. The fourth-order valence-corrected chi connectivity index (χ4v) is 4.01. The molecule has 0 unspecified atom stereocenters. The first-order valence-corrected chi connectivity index (χ1v) is 12.7. The van der Waals surface area contributed by atoms with Gasteiger partial charge in [0.25, 0.3) is 0 Å². The number of hydrogen-bond donors (Lipinski definition) is 4. The second-order valence-electron chi connectivity index (χ2n) is 8.20. The van der Waals surface area contributed by atoms with Gasteiger partial charge in [0.05, 0.1) is 28.5 Å². The number of fused-ring (bicyclic) bond motifs is 1. The number of rotatable bonds is 10. The maximum atomic E-state index is 10.6. The van der Waals surface area contributed by atoms with E-state index in [1.54, 1.807) is 35.6 Å². The zero-order valence-corrected chi connectivity index (χ0v) is 22.2. The maximum Gasteiger partial charge on any atom is 0.490 e. The van der Waals surface area contributed by atoms with Crippen molar-refractivity contribution in [2.45, 2.75) is 19.1 Å². The van der Waals surface area contributed by atoms with Gasteiger partial charge in [-0.25, -0.2) is 9.78 Å². The minimum Gasteiger partial charge on any atom is -0.494 e. The molecule has 0 saturated carbocycles. The maximum absolute atomic E-state index is 10.6. The van der Waals surface area contributed by atoms with Crippen molar-refractivity contribution in [1.29, 1.82) is 5.26 Å². The predicted octanol–water partition coefficient (Wildman–Crippen LogP) is 5.25. The van der Waals surface area contributed by atoms with Crippen molar-refractivity contribution in [3.63, 3.8) is 0 Å². The van der Waals surface area contributed by atoms with Gasteiger partial charge in [-0.3, -0.25) is 4.99 Å². The molecule has 0 aliphatic heterocycles. The summed E-state index contributed by atoms with van der Waals surface area (Å²) in [6.45, 7) is 1.76. The minimum absolute atomic E-state index is 0.0989. The predicted molar refractivity (Wildman–Crippen MR) is 149 cm³/mol. The third-order valence-electron chi connectivity index (χ3n) is 5.05. The van der Waals surface area contributed by atoms with E-state index in [1.807, 2.05) is 42.5 Å². The number of thiazole rings is 1. The van der Waals surface area contributed by atoms with Crippen molar-refractivity contribution in [1.82, 2.24) is 4.98 Å². The van der Waals surface area contributed by atoms with Gasteiger partial charge in [0.2, 0.25) is 0 Å². The van der Waals surface area contributed by atoms with Crippen molar-refractivity contribution < 1.29 is 32.5 Å². The fraction of sp³-hybridized carbons (Fsp3) is 0.185. The molecule has 4 rings (SSSR count). The zero-order chi connectivity index (χ0) is 29.8. The Morgan fingerprint density at radius 2 is 1.68 bits per heavy atom. The lowest BCUT2D eigenvalue weighted by Gasteiger charge is -2.07. The van der Waals surface area contributed by atoms with Crippen LogP contribution in [0.25, 0.3) is 10.2 Å². The van der Waals surface area contributed by atoms with E-state index in [9.17, 15) is 13.2 Å². The summed E-state index contributed by atoms with van der Waals surface area (Å²) >= 11 is 1.57. The number of aliphatic carboxylic acids is 1. The molecule has 0 aliphatic rings. The van der Waals surface area contributed by atoms with Crippen molar-refractivity contribution in [3.05, 3.63) is 77.9 Å². The number of carbonyl (C=O) groups is 1. The number of nitrogens with two attached hydrogens (primary N) is 2. The van der Waals surface area contributed by atoms with Crippen LogP contribution in [0.3, 0.4) is 0 Å². The highest BCUT2D eigenvalue weighted by Crippen LogP contribution is 2.31. The number of benzene rings is 3. The summed E-state index contributed by atoms with van der Waals surface area (Å²) in [7, 11) is 0. The molecule has 214 valence electrons. The Balaban J connectivity index is 0.000000587. The van der Waals surface area contributed by atoms with Crippen molar-refractivity contribution in [3.8, 4) is 23.3 Å². The van der Waals surface area contributed by atoms with Crippen molar-refractivity contribution in [2.24, 2.45) is 16.5 Å². The number of nitrogens with one attached hydrogen (secondary N) is 1. The van der Waals surface area contributed by atoms with Crippen LogP contribution in [0.2, 0.25) is 0 Å². The molecule has 6 N–H and O–H groups in total. The third-order valence-corrected chi connectivity index (χ3v) is 6.03. The van der Waals surface area contributed by atoms with Gasteiger partial charge >= 0.3 is 12.1 Å². The number of anilines is 1. The van der Waals surface area contributed by atoms with E-state index in [4.69, 9.17) is 36.1 Å². The van der Waals surface area contributed by atoms with E-state index in [0.29, 0.717) is 31.0 Å². The van der Waals surface area contributed by atoms with E-state index in [-0.39, 0.29) is 5.96 Å². The summed E-state index contributed by atoms with van der Waals surface area (Å²) in [5.41, 5.74) is 13.2. The van der Waals surface area contributed by atoms with Crippen LogP contribution in [0.4, 0.5) is 18.3 Å². The highest BCUT2D eigenvalue weighted by molar-refractivity contribution is 7.22. The normalized spacial score (nSPS) is 10.6. The number of halogens is 3. The van der Waals surface area contributed by atoms with Crippen LogP contribution in [-0.4, -0.2) is 41.3 Å². The van der Waals surface area contributed by atoms with E-state index in [0.717, 1.165) is 38.8 Å². The summed E-state index contributed by atoms with van der Waals surface area (Å²) in [6.07, 6.45) is -4.33. The van der Waals surface area contributed by atoms with Gasteiger partial charge in [-0.2, -0.15) is 18.4 Å². The summed E-state index contributed by atoms with van der Waals surface area (Å²) in [6, 6.07) is 22.9. The first-order valence-electron chi connectivity index (χ1n) is 11.9. The molecule has 0 radical (unpaired) electrons. The Morgan fingerprint density at radius 1 is 1.05 bits per heavy atom. The standard InChI is InChI=1S/C25H24N6O2S.C2HF3O2/c26-15-17-2-8-20(9-3-17)33-21-10-11-22-23(14-21)34-25(31-22)30-16-18-4-6-19(7-5-18)32-13-1-12-29-24(27)28;3-2(4,5)1(6)7/h2-11,14H,1,12-13,16H2,(H,30,31)(H4,27,28,29);(H,6,7). The van der Waals surface area contributed by atoms with Crippen LogP contribution in [0.5, 0.6) is 17.2 Å². The first kappa shape index (κ1) is 30.5. The smallest absolute Gasteiger partial charge is 0.490 e. The summed E-state index contributed by atoms with van der Waals surface area (Å²) in [5.74, 6) is -0.443. The largest absolute Gasteiger partial charge is 0.494 e. The van der Waals surface area contributed by atoms with Gasteiger partial charge in [0.15, 0.2) is 11.1 Å². The fourth-order valence-electron chi connectivity index (χ4n) is 3.12. The topological polar surface area (TPSA) is 169 Å². The molecule has 41 heavy (non-hydrogen) atoms. The molecular weight excluding hydrogens is 561 g/mol. The molecule has 0 aliphatic carbocycles. The molecule has 0 fully saturated rings. The third kappa shape index (κ3) is 10.2. The number of nitriles is 1. The number of carboxylic acids is 1. The second kappa shape index (κ2) is 14.4. The van der Waals surface area contributed by atoms with Crippen molar-refractivity contribution >= 4 is 38.6 Å². The number of alkyl halides is 3. The van der Waals surface area contributed by atoms with Crippen molar-refractivity contribution in [2.75, 3.05) is 18.5 Å². The number of nitrogens with zero attached hydrogens (tertiary/aromatic N) is 3. The van der Waals surface area contributed by atoms with Crippen LogP contribution in [0.1, 0.15) is 17.5 Å². The Kier molecular flexibility index (Phi) is 10.7. The lowest BCUT2D eigenvalue weighted by molar-refractivity contribution is -0.192. The first-order chi connectivity index (χ1) is 19.5. The average molecular weight is 587 g/mol. The van der Waals surface area contributed by atoms with Gasteiger partial charge in [-0.1, -0.05) is 23.5 Å². The quantitative estimate of drug-likeness (QED) is 0.110. The number of hydrogen-bond acceptors (Lipinski definition) is 8. The summed E-state index contributed by atoms with van der Waals surface area (Å²) < 4.78 is 44.4. The molecular formula is C27H25F3N6O4S. The molecule has 4 aromatic rings. The number of aromatic nitrogens is 1. The lowest BCUT2D eigenvalue weighted by atomic mass is 10.2. The Labute approximate surface area is 236 Å². The summed E-state index contributed by atoms with van der Waals surface area (Å²) in [4.78, 5) is 17.5. The zero-order valence-electron chi connectivity index (χ0n) is 21.4. The highest BCUT2D eigenvalue weighted by atomic mass is 32.1. The van der Waals surface area contributed by atoms with Crippen LogP contribution in [0.15, 0.2) is 71.7 Å². The number of ether oxygens (including phenoxy) is 2. The highest BCUT2D eigenvalue weighted by Gasteiger charge is 2.38. The van der Waals surface area contributed by atoms with Crippen LogP contribution >= 0.6 is 11.3 Å². The Morgan fingerprint density at radius 3 is 2.29 bits per heavy atom. The monoisotopic (exact) mass is 586 g/mol. The van der Waals surface area contributed by atoms with E-state index < -0.39 is 12.1 Å². The molecule has 0 bridgehead atoms. The average Bonchev–Trinajstić information content (AvgIpc) is 3.35. The second-order valence-corrected chi connectivity index (χ2v) is 9.23. The molecule has 14 heteroatoms. The molecule has 0 saturated heterocycles. The molecule has 1 heterocycles.